The molecule has 2 unspecified atom stereocenters. The quantitative estimate of drug-likeness (QED) is 0.0929. The number of rotatable bonds is 12. The predicted molar refractivity (Wildman–Crippen MR) is 243 cm³/mol. The number of aryl methyl sites for hydroxylation is 1. The van der Waals surface area contributed by atoms with Gasteiger partial charge in [0, 0.05) is 35.7 Å². The zero-order valence-corrected chi connectivity index (χ0v) is 38.5. The molecule has 67 heavy (non-hydrogen) atoms. The third-order valence-corrected chi connectivity index (χ3v) is 13.1. The fraction of sp³-hybridized carbons (Fsp3) is 0.438. The molecule has 5 atom stereocenters. The standard InChI is InChI=1S/C48H55FN10O8/c1-8-29-21-38(67-56-29)46-59-33-14-13-26(31-22-50-42(52-31)34-11-9-15-57(34)44(60)40(24(2)3)54-47(62)64-6)17-28(33)19-36(59)39-30(49)18-27(20-37(39)66-46)32-23-51-43(53-32)35-12-10-16-58(35)45(61)41(25(4)5)55-48(63)65-7/h13-14,17-25,34-35,40-41,46H,8-12,15-16H2,1-7H3,(H,50,52)(H,51,53)(H,54,62)(H,55,63)/t34-,35-,40?,41?,46-/m0/s1. The van der Waals surface area contributed by atoms with Gasteiger partial charge in [-0.2, -0.15) is 0 Å². The molecule has 9 rings (SSSR count). The Hall–Kier alpha value is -7.18. The Balaban J connectivity index is 1.03. The number of H-pyrrole nitrogens is 2. The molecule has 0 radical (unpaired) electrons. The van der Waals surface area contributed by atoms with Crippen molar-refractivity contribution < 1.29 is 42.3 Å². The van der Waals surface area contributed by atoms with Gasteiger partial charge < -0.3 is 49.1 Å². The summed E-state index contributed by atoms with van der Waals surface area (Å²) in [6, 6.07) is 10.7. The average Bonchev–Trinajstić information content (AvgIpc) is 4.18. The highest BCUT2D eigenvalue weighted by molar-refractivity contribution is 5.93. The van der Waals surface area contributed by atoms with Gasteiger partial charge in [-0.3, -0.25) is 14.2 Å². The van der Waals surface area contributed by atoms with Crippen molar-refractivity contribution in [1.82, 2.24) is 50.1 Å². The maximum atomic E-state index is 16.8. The van der Waals surface area contributed by atoms with Crippen molar-refractivity contribution in [3.05, 3.63) is 83.8 Å². The molecular formula is C48H55FN10O8. The van der Waals surface area contributed by atoms with Crippen molar-refractivity contribution in [2.24, 2.45) is 11.8 Å². The van der Waals surface area contributed by atoms with Gasteiger partial charge in [0.25, 0.3) is 0 Å². The fourth-order valence-corrected chi connectivity index (χ4v) is 9.59. The number of imidazole rings is 2. The summed E-state index contributed by atoms with van der Waals surface area (Å²) in [6.07, 6.45) is 4.74. The van der Waals surface area contributed by atoms with E-state index in [1.54, 1.807) is 28.3 Å². The lowest BCUT2D eigenvalue weighted by Crippen LogP contribution is -2.51. The number of likely N-dealkylation sites (tertiary alicyclic amines) is 2. The lowest BCUT2D eigenvalue weighted by Gasteiger charge is -2.30. The van der Waals surface area contributed by atoms with E-state index in [1.165, 1.54) is 20.3 Å². The Labute approximate surface area is 385 Å². The van der Waals surface area contributed by atoms with Crippen LogP contribution in [0.4, 0.5) is 14.0 Å². The number of methoxy groups -OCH3 is 2. The highest BCUT2D eigenvalue weighted by Crippen LogP contribution is 2.48. The Kier molecular flexibility index (Phi) is 12.3. The lowest BCUT2D eigenvalue weighted by molar-refractivity contribution is -0.136. The summed E-state index contributed by atoms with van der Waals surface area (Å²) in [6.45, 7) is 10.5. The van der Waals surface area contributed by atoms with Crippen molar-refractivity contribution in [2.45, 2.75) is 97.1 Å². The van der Waals surface area contributed by atoms with Crippen LogP contribution >= 0.6 is 0 Å². The van der Waals surface area contributed by atoms with Crippen molar-refractivity contribution in [3.63, 3.8) is 0 Å². The van der Waals surface area contributed by atoms with E-state index in [0.29, 0.717) is 72.5 Å². The monoisotopic (exact) mass is 918 g/mol. The maximum Gasteiger partial charge on any atom is 0.407 e. The molecule has 4 amide bonds. The number of benzene rings is 2. The van der Waals surface area contributed by atoms with Crippen LogP contribution in [0.3, 0.4) is 0 Å². The van der Waals surface area contributed by atoms with Gasteiger partial charge in [0.2, 0.25) is 18.0 Å². The maximum absolute atomic E-state index is 16.8. The number of carbonyl (C=O) groups is 4. The molecule has 0 aliphatic carbocycles. The number of carbonyl (C=O) groups excluding carboxylic acids is 4. The third-order valence-electron chi connectivity index (χ3n) is 13.1. The summed E-state index contributed by atoms with van der Waals surface area (Å²) in [5.41, 5.74) is 4.96. The minimum atomic E-state index is -0.829. The number of nitrogens with zero attached hydrogens (tertiary/aromatic N) is 6. The van der Waals surface area contributed by atoms with Crippen LogP contribution < -0.4 is 15.4 Å². The number of fused-ring (bicyclic) bond motifs is 5. The molecule has 0 bridgehead atoms. The zero-order chi connectivity index (χ0) is 47.3. The largest absolute Gasteiger partial charge is 0.462 e. The van der Waals surface area contributed by atoms with Crippen LogP contribution in [0.15, 0.2) is 59.4 Å². The van der Waals surface area contributed by atoms with Crippen LogP contribution in [-0.2, 0) is 25.5 Å². The van der Waals surface area contributed by atoms with E-state index in [2.05, 4.69) is 30.7 Å². The summed E-state index contributed by atoms with van der Waals surface area (Å²) in [5.74, 6) is 0.649. The molecule has 352 valence electrons. The summed E-state index contributed by atoms with van der Waals surface area (Å²) in [4.78, 5) is 71.5. The number of nitrogens with one attached hydrogen (secondary N) is 4. The van der Waals surface area contributed by atoms with Crippen molar-refractivity contribution in [3.8, 4) is 39.5 Å². The van der Waals surface area contributed by atoms with E-state index < -0.39 is 36.3 Å². The number of aromatic amines is 2. The van der Waals surface area contributed by atoms with Crippen molar-refractivity contribution >= 4 is 34.9 Å². The molecular weight excluding hydrogens is 864 g/mol. The molecule has 3 aliphatic heterocycles. The summed E-state index contributed by atoms with van der Waals surface area (Å²) >= 11 is 0. The summed E-state index contributed by atoms with van der Waals surface area (Å²) in [7, 11) is 2.53. The smallest absolute Gasteiger partial charge is 0.407 e. The number of hydrogen-bond acceptors (Lipinski definition) is 11. The van der Waals surface area contributed by atoms with Gasteiger partial charge in [0.05, 0.1) is 72.6 Å². The molecule has 19 heteroatoms. The van der Waals surface area contributed by atoms with Crippen LogP contribution in [0.5, 0.6) is 5.75 Å². The van der Waals surface area contributed by atoms with Gasteiger partial charge in [-0.05, 0) is 74.3 Å². The first-order valence-corrected chi connectivity index (χ1v) is 22.8. The van der Waals surface area contributed by atoms with Crippen LogP contribution in [0.1, 0.15) is 102 Å². The molecule has 0 saturated carbocycles. The van der Waals surface area contributed by atoms with Crippen LogP contribution in [0, 0.1) is 17.7 Å². The Morgan fingerprint density at radius 1 is 0.806 bits per heavy atom. The molecule has 7 heterocycles. The summed E-state index contributed by atoms with van der Waals surface area (Å²) in [5, 5.41) is 10.4. The second-order valence-electron chi connectivity index (χ2n) is 18.0. The van der Waals surface area contributed by atoms with E-state index in [1.807, 2.05) is 69.5 Å². The minimum absolute atomic E-state index is 0.161. The highest BCUT2D eigenvalue weighted by Gasteiger charge is 2.40. The average molecular weight is 919 g/mol. The first-order valence-electron chi connectivity index (χ1n) is 22.8. The highest BCUT2D eigenvalue weighted by atomic mass is 19.1. The number of ether oxygens (including phenoxy) is 3. The second kappa shape index (κ2) is 18.2. The van der Waals surface area contributed by atoms with Crippen molar-refractivity contribution in [1.29, 1.82) is 0 Å². The molecule has 3 aliphatic rings. The normalized spacial score (nSPS) is 18.7. The van der Waals surface area contributed by atoms with Crippen LogP contribution in [0.2, 0.25) is 0 Å². The topological polar surface area (TPSA) is 215 Å². The molecule has 4 aromatic heterocycles. The molecule has 2 fully saturated rings. The van der Waals surface area contributed by atoms with Crippen LogP contribution in [0.25, 0.3) is 44.7 Å². The van der Waals surface area contributed by atoms with E-state index in [9.17, 15) is 19.2 Å². The van der Waals surface area contributed by atoms with Crippen molar-refractivity contribution in [2.75, 3.05) is 27.3 Å². The number of hydrogen-bond donors (Lipinski definition) is 4. The number of alkyl carbamates (subject to hydrolysis) is 2. The molecule has 0 spiro atoms. The minimum Gasteiger partial charge on any atom is -0.462 e. The van der Waals surface area contributed by atoms with Gasteiger partial charge in [-0.25, -0.2) is 23.9 Å². The molecule has 2 saturated heterocycles. The lowest BCUT2D eigenvalue weighted by atomic mass is 10.0. The number of amides is 4. The first-order chi connectivity index (χ1) is 32.3. The van der Waals surface area contributed by atoms with E-state index in [0.717, 1.165) is 40.7 Å². The Morgan fingerprint density at radius 2 is 1.39 bits per heavy atom. The van der Waals surface area contributed by atoms with Crippen LogP contribution in [-0.4, -0.2) is 103 Å². The predicted octanol–water partition coefficient (Wildman–Crippen LogP) is 7.81. The molecule has 2 aromatic carbocycles. The van der Waals surface area contributed by atoms with Gasteiger partial charge in [-0.15, -0.1) is 0 Å². The van der Waals surface area contributed by atoms with Gasteiger partial charge in [0.15, 0.2) is 5.76 Å². The summed E-state index contributed by atoms with van der Waals surface area (Å²) < 4.78 is 40.9. The number of halogens is 1. The Bertz CT molecular complexity index is 2840. The van der Waals surface area contributed by atoms with Gasteiger partial charge >= 0.3 is 12.2 Å². The number of aromatic nitrogens is 6. The zero-order valence-electron chi connectivity index (χ0n) is 38.5. The second-order valence-corrected chi connectivity index (χ2v) is 18.0. The molecule has 6 aromatic rings. The Morgan fingerprint density at radius 3 is 1.93 bits per heavy atom. The third kappa shape index (κ3) is 8.35. The van der Waals surface area contributed by atoms with Gasteiger partial charge in [0.1, 0.15) is 35.3 Å². The fourth-order valence-electron chi connectivity index (χ4n) is 9.59. The van der Waals surface area contributed by atoms with E-state index >= 15 is 4.39 Å². The SMILES string of the molecule is CCc1cc([C@@H]2Oc3cc(-c4cnc([C@@H]5CCCN5C(=O)C(NC(=O)OC)C(C)C)[nH]4)cc(F)c3-c3cc4cc(-c5cnc([C@@H]6CCCN6C(=O)C(NC(=O)OC)C(C)C)[nH]5)ccc4n32)on1. The van der Waals surface area contributed by atoms with Gasteiger partial charge in [-0.1, -0.05) is 45.8 Å². The molecule has 18 nitrogen and oxygen atoms in total. The molecule has 4 N–H and O–H groups in total. The first kappa shape index (κ1) is 45.0. The van der Waals surface area contributed by atoms with E-state index in [-0.39, 0.29) is 41.3 Å². The van der Waals surface area contributed by atoms with E-state index in [4.69, 9.17) is 23.7 Å².